The van der Waals surface area contributed by atoms with Gasteiger partial charge in [-0.2, -0.15) is 0 Å². The van der Waals surface area contributed by atoms with Gasteiger partial charge in [-0.1, -0.05) is 51.4 Å². The topological polar surface area (TPSA) is 9.23 Å². The average Bonchev–Trinajstić information content (AvgIpc) is 2.88. The first-order valence-electron chi connectivity index (χ1n) is 6.32. The first-order valence-corrected chi connectivity index (χ1v) is 8.89. The Morgan fingerprint density at radius 1 is 0.857 bits per heavy atom. The molecule has 0 radical (unpaired) electrons. The first-order chi connectivity index (χ1) is 6.77. The van der Waals surface area contributed by atoms with E-state index in [1.807, 2.05) is 7.11 Å². The Labute approximate surface area is 89.4 Å². The average molecular weight is 212 g/mol. The summed E-state index contributed by atoms with van der Waals surface area (Å²) in [4.78, 5) is 0. The molecule has 0 amide bonds. The smallest absolute Gasteiger partial charge is 0.195 e. The normalized spacial score (nSPS) is 26.1. The Morgan fingerprint density at radius 2 is 1.21 bits per heavy atom. The van der Waals surface area contributed by atoms with Crippen molar-refractivity contribution in [3.05, 3.63) is 0 Å². The molecule has 2 saturated carbocycles. The second-order valence-electron chi connectivity index (χ2n) is 5.35. The monoisotopic (exact) mass is 212 g/mol. The van der Waals surface area contributed by atoms with Gasteiger partial charge in [-0.3, -0.25) is 0 Å². The zero-order chi connectivity index (χ0) is 10.0. The summed E-state index contributed by atoms with van der Waals surface area (Å²) < 4.78 is 6.04. The van der Waals surface area contributed by atoms with E-state index in [0.717, 1.165) is 11.1 Å². The minimum atomic E-state index is -1.36. The van der Waals surface area contributed by atoms with Gasteiger partial charge in [0.1, 0.15) is 0 Å². The van der Waals surface area contributed by atoms with Crippen LogP contribution < -0.4 is 0 Å². The first kappa shape index (κ1) is 10.7. The van der Waals surface area contributed by atoms with E-state index >= 15 is 0 Å². The van der Waals surface area contributed by atoms with Gasteiger partial charge in [-0.25, -0.2) is 0 Å². The molecule has 0 aromatic rings. The predicted octanol–water partition coefficient (Wildman–Crippen LogP) is 4.10. The van der Waals surface area contributed by atoms with Crippen molar-refractivity contribution in [1.29, 1.82) is 0 Å². The van der Waals surface area contributed by atoms with Crippen molar-refractivity contribution in [3.63, 3.8) is 0 Å². The molecule has 1 nitrogen and oxygen atoms in total. The Morgan fingerprint density at radius 3 is 1.50 bits per heavy atom. The maximum atomic E-state index is 6.04. The van der Waals surface area contributed by atoms with Crippen LogP contribution in [0.2, 0.25) is 17.6 Å². The number of hydrogen-bond donors (Lipinski definition) is 0. The minimum absolute atomic E-state index is 0.982. The Hall–Kier alpha value is 0.177. The molecule has 2 fully saturated rings. The molecule has 2 aliphatic carbocycles. The Balaban J connectivity index is 2.06. The van der Waals surface area contributed by atoms with Crippen LogP contribution in [0.1, 0.15) is 51.4 Å². The fourth-order valence-electron chi connectivity index (χ4n) is 3.66. The van der Waals surface area contributed by atoms with E-state index in [9.17, 15) is 0 Å². The van der Waals surface area contributed by atoms with Gasteiger partial charge in [-0.05, 0) is 17.6 Å². The van der Waals surface area contributed by atoms with Gasteiger partial charge < -0.3 is 4.43 Å². The summed E-state index contributed by atoms with van der Waals surface area (Å²) in [6.07, 6.45) is 11.7. The van der Waals surface area contributed by atoms with Crippen LogP contribution in [0.15, 0.2) is 0 Å². The SMILES string of the molecule is CO[Si](C)(C1CCCC1)C1CCCC1. The van der Waals surface area contributed by atoms with Gasteiger partial charge >= 0.3 is 0 Å². The number of hydrogen-bond acceptors (Lipinski definition) is 1. The molecular weight excluding hydrogens is 188 g/mol. The van der Waals surface area contributed by atoms with E-state index in [1.165, 1.54) is 51.4 Å². The molecule has 2 aliphatic rings. The van der Waals surface area contributed by atoms with Crippen molar-refractivity contribution in [2.75, 3.05) is 7.11 Å². The maximum Gasteiger partial charge on any atom is 0.195 e. The lowest BCUT2D eigenvalue weighted by Gasteiger charge is -2.37. The van der Waals surface area contributed by atoms with E-state index in [0.29, 0.717) is 0 Å². The molecule has 0 N–H and O–H groups in total. The van der Waals surface area contributed by atoms with Crippen LogP contribution in [0, 0.1) is 0 Å². The van der Waals surface area contributed by atoms with E-state index in [-0.39, 0.29) is 0 Å². The molecule has 0 aromatic heterocycles. The third-order valence-corrected chi connectivity index (χ3v) is 10.0. The third kappa shape index (κ3) is 1.79. The predicted molar refractivity (Wildman–Crippen MR) is 63.1 cm³/mol. The van der Waals surface area contributed by atoms with E-state index in [2.05, 4.69) is 6.55 Å². The molecule has 0 aromatic carbocycles. The zero-order valence-corrected chi connectivity index (χ0v) is 10.7. The second kappa shape index (κ2) is 4.36. The minimum Gasteiger partial charge on any atom is -0.420 e. The molecule has 0 bridgehead atoms. The lowest BCUT2D eigenvalue weighted by Crippen LogP contribution is -2.42. The van der Waals surface area contributed by atoms with Crippen LogP contribution in [0.4, 0.5) is 0 Å². The van der Waals surface area contributed by atoms with Crippen molar-refractivity contribution in [2.45, 2.75) is 69.0 Å². The van der Waals surface area contributed by atoms with E-state index in [1.54, 1.807) is 0 Å². The molecular formula is C12H24OSi. The molecule has 2 rings (SSSR count). The summed E-state index contributed by atoms with van der Waals surface area (Å²) in [6.45, 7) is 2.51. The Kier molecular flexibility index (Phi) is 3.33. The van der Waals surface area contributed by atoms with Crippen LogP contribution in [0.25, 0.3) is 0 Å². The molecule has 0 unspecified atom stereocenters. The van der Waals surface area contributed by atoms with Gasteiger partial charge in [0.25, 0.3) is 0 Å². The van der Waals surface area contributed by atoms with Crippen molar-refractivity contribution >= 4 is 8.32 Å². The summed E-state index contributed by atoms with van der Waals surface area (Å²) in [5.41, 5.74) is 1.96. The van der Waals surface area contributed by atoms with Crippen LogP contribution in [0.3, 0.4) is 0 Å². The fraction of sp³-hybridized carbons (Fsp3) is 1.00. The van der Waals surface area contributed by atoms with E-state index < -0.39 is 8.32 Å². The summed E-state index contributed by atoms with van der Waals surface area (Å²) in [5, 5.41) is 0. The molecule has 82 valence electrons. The van der Waals surface area contributed by atoms with Crippen molar-refractivity contribution in [1.82, 2.24) is 0 Å². The summed E-state index contributed by atoms with van der Waals surface area (Å²) in [7, 11) is 0.632. The highest BCUT2D eigenvalue weighted by atomic mass is 28.4. The third-order valence-electron chi connectivity index (χ3n) is 4.77. The van der Waals surface area contributed by atoms with Crippen LogP contribution in [-0.2, 0) is 4.43 Å². The molecule has 14 heavy (non-hydrogen) atoms. The fourth-order valence-corrected chi connectivity index (χ4v) is 8.11. The molecule has 2 heteroatoms. The van der Waals surface area contributed by atoms with Crippen molar-refractivity contribution in [2.24, 2.45) is 0 Å². The summed E-state index contributed by atoms with van der Waals surface area (Å²) in [5.74, 6) is 0. The lowest BCUT2D eigenvalue weighted by molar-refractivity contribution is 0.366. The van der Waals surface area contributed by atoms with Crippen LogP contribution in [0.5, 0.6) is 0 Å². The standard InChI is InChI=1S/C12H24OSi/c1-13-14(2,11-7-3-4-8-11)12-9-5-6-10-12/h11-12H,3-10H2,1-2H3. The van der Waals surface area contributed by atoms with Crippen LogP contribution >= 0.6 is 0 Å². The van der Waals surface area contributed by atoms with E-state index in [4.69, 9.17) is 4.43 Å². The molecule has 0 saturated heterocycles. The lowest BCUT2D eigenvalue weighted by atomic mass is 10.3. The second-order valence-corrected chi connectivity index (χ2v) is 9.76. The van der Waals surface area contributed by atoms with Crippen molar-refractivity contribution < 1.29 is 4.43 Å². The molecule has 0 aliphatic heterocycles. The van der Waals surface area contributed by atoms with Crippen molar-refractivity contribution in [3.8, 4) is 0 Å². The van der Waals surface area contributed by atoms with Crippen LogP contribution in [-0.4, -0.2) is 15.4 Å². The van der Waals surface area contributed by atoms with Gasteiger partial charge in [-0.15, -0.1) is 0 Å². The number of rotatable bonds is 3. The Bertz CT molecular complexity index is 165. The quantitative estimate of drug-likeness (QED) is 0.640. The highest BCUT2D eigenvalue weighted by molar-refractivity contribution is 6.75. The highest BCUT2D eigenvalue weighted by Gasteiger charge is 2.46. The molecule has 0 spiro atoms. The van der Waals surface area contributed by atoms with Gasteiger partial charge in [0.05, 0.1) is 0 Å². The largest absolute Gasteiger partial charge is 0.420 e. The van der Waals surface area contributed by atoms with Gasteiger partial charge in [0, 0.05) is 7.11 Å². The summed E-state index contributed by atoms with van der Waals surface area (Å²) >= 11 is 0. The summed E-state index contributed by atoms with van der Waals surface area (Å²) in [6, 6.07) is 0. The zero-order valence-electron chi connectivity index (χ0n) is 9.72. The van der Waals surface area contributed by atoms with Gasteiger partial charge in [0.2, 0.25) is 0 Å². The molecule has 0 heterocycles. The maximum absolute atomic E-state index is 6.04. The highest BCUT2D eigenvalue weighted by Crippen LogP contribution is 2.49. The molecule has 0 atom stereocenters. The van der Waals surface area contributed by atoms with Gasteiger partial charge in [0.15, 0.2) is 8.32 Å².